The van der Waals surface area contributed by atoms with Crippen molar-refractivity contribution in [3.05, 3.63) is 24.3 Å². The van der Waals surface area contributed by atoms with Crippen LogP contribution in [-0.4, -0.2) is 42.3 Å². The van der Waals surface area contributed by atoms with Gasteiger partial charge in [-0.15, -0.1) is 0 Å². The summed E-state index contributed by atoms with van der Waals surface area (Å²) < 4.78 is 5.46. The highest BCUT2D eigenvalue weighted by Gasteiger charge is 2.30. The highest BCUT2D eigenvalue weighted by atomic mass is 16.6. The molecule has 1 fully saturated rings. The highest BCUT2D eigenvalue weighted by molar-refractivity contribution is 5.69. The van der Waals surface area contributed by atoms with Crippen LogP contribution in [0.5, 0.6) is 0 Å². The van der Waals surface area contributed by atoms with Crippen molar-refractivity contribution in [2.24, 2.45) is 0 Å². The van der Waals surface area contributed by atoms with Gasteiger partial charge < -0.3 is 20.3 Å². The van der Waals surface area contributed by atoms with Crippen LogP contribution >= 0.6 is 0 Å². The number of piperazine rings is 1. The Bertz CT molecular complexity index is 493. The molecule has 1 saturated heterocycles. The van der Waals surface area contributed by atoms with Crippen molar-refractivity contribution >= 4 is 17.5 Å². The quantitative estimate of drug-likeness (QED) is 0.808. The van der Waals surface area contributed by atoms with E-state index in [4.69, 9.17) is 10.5 Å². The lowest BCUT2D eigenvalue weighted by Gasteiger charge is -2.41. The van der Waals surface area contributed by atoms with Gasteiger partial charge in [-0.05, 0) is 52.0 Å². The lowest BCUT2D eigenvalue weighted by atomic mass is 10.1. The number of rotatable bonds is 1. The number of nitrogens with zero attached hydrogens (tertiary/aromatic N) is 2. The van der Waals surface area contributed by atoms with Crippen molar-refractivity contribution in [1.82, 2.24) is 4.90 Å². The van der Waals surface area contributed by atoms with Crippen molar-refractivity contribution < 1.29 is 9.53 Å². The third kappa shape index (κ3) is 4.03. The van der Waals surface area contributed by atoms with E-state index in [2.05, 4.69) is 4.90 Å². The first-order valence-corrected chi connectivity index (χ1v) is 7.36. The van der Waals surface area contributed by atoms with Crippen molar-refractivity contribution in [3.63, 3.8) is 0 Å². The Hall–Kier alpha value is -1.91. The molecule has 2 N–H and O–H groups in total. The van der Waals surface area contributed by atoms with Crippen molar-refractivity contribution in [2.75, 3.05) is 30.3 Å². The molecule has 1 atom stereocenters. The first-order chi connectivity index (χ1) is 9.76. The molecule has 5 heteroatoms. The van der Waals surface area contributed by atoms with E-state index in [0.717, 1.165) is 24.5 Å². The third-order valence-electron chi connectivity index (χ3n) is 3.51. The van der Waals surface area contributed by atoms with Crippen molar-refractivity contribution in [3.8, 4) is 0 Å². The number of benzene rings is 1. The van der Waals surface area contributed by atoms with Gasteiger partial charge in [-0.2, -0.15) is 0 Å². The second-order valence-corrected chi connectivity index (χ2v) is 6.56. The Morgan fingerprint density at radius 2 is 1.86 bits per heavy atom. The zero-order valence-corrected chi connectivity index (χ0v) is 13.3. The summed E-state index contributed by atoms with van der Waals surface area (Å²) in [5, 5.41) is 0. The normalized spacial score (nSPS) is 19.5. The minimum atomic E-state index is -0.453. The number of nitrogens with two attached hydrogens (primary N) is 1. The lowest BCUT2D eigenvalue weighted by Crippen LogP contribution is -2.55. The van der Waals surface area contributed by atoms with Crippen LogP contribution < -0.4 is 10.6 Å². The fourth-order valence-electron chi connectivity index (χ4n) is 2.47. The van der Waals surface area contributed by atoms with E-state index in [-0.39, 0.29) is 12.1 Å². The minimum absolute atomic E-state index is 0.117. The fourth-order valence-corrected chi connectivity index (χ4v) is 2.47. The summed E-state index contributed by atoms with van der Waals surface area (Å²) in [4.78, 5) is 16.3. The van der Waals surface area contributed by atoms with Crippen LogP contribution in [0.2, 0.25) is 0 Å². The SMILES string of the molecule is C[C@H]1CN(c2ccc(N)cc2)CCN1C(=O)OC(C)(C)C. The molecule has 0 spiro atoms. The van der Waals surface area contributed by atoms with Crippen LogP contribution in [0.3, 0.4) is 0 Å². The highest BCUT2D eigenvalue weighted by Crippen LogP contribution is 2.21. The van der Waals surface area contributed by atoms with Gasteiger partial charge in [-0.25, -0.2) is 4.79 Å². The average molecular weight is 291 g/mol. The molecule has 116 valence electrons. The monoisotopic (exact) mass is 291 g/mol. The third-order valence-corrected chi connectivity index (χ3v) is 3.51. The summed E-state index contributed by atoms with van der Waals surface area (Å²) in [6, 6.07) is 7.96. The van der Waals surface area contributed by atoms with Crippen LogP contribution in [0.4, 0.5) is 16.2 Å². The van der Waals surface area contributed by atoms with Crippen LogP contribution in [-0.2, 0) is 4.74 Å². The lowest BCUT2D eigenvalue weighted by molar-refractivity contribution is 0.0159. The maximum absolute atomic E-state index is 12.2. The van der Waals surface area contributed by atoms with Gasteiger partial charge in [-0.3, -0.25) is 0 Å². The maximum atomic E-state index is 12.2. The van der Waals surface area contributed by atoms with Gasteiger partial charge in [0.2, 0.25) is 0 Å². The first-order valence-electron chi connectivity index (χ1n) is 7.36. The maximum Gasteiger partial charge on any atom is 0.410 e. The summed E-state index contributed by atoms with van der Waals surface area (Å²) in [6.07, 6.45) is -0.230. The number of hydrogen-bond donors (Lipinski definition) is 1. The molecule has 5 nitrogen and oxygen atoms in total. The van der Waals surface area contributed by atoms with Gasteiger partial charge >= 0.3 is 6.09 Å². The summed E-state index contributed by atoms with van der Waals surface area (Å²) in [6.45, 7) is 9.98. The Kier molecular flexibility index (Phi) is 4.30. The first kappa shape index (κ1) is 15.5. The zero-order valence-electron chi connectivity index (χ0n) is 13.3. The Labute approximate surface area is 126 Å². The van der Waals surface area contributed by atoms with E-state index >= 15 is 0 Å². The molecule has 1 aliphatic heterocycles. The number of carbonyl (C=O) groups is 1. The molecular weight excluding hydrogens is 266 g/mol. The standard InChI is InChI=1S/C16H25N3O2/c1-12-11-18(14-7-5-13(17)6-8-14)9-10-19(12)15(20)21-16(2,3)4/h5-8,12H,9-11,17H2,1-4H3/t12-/m0/s1. The Morgan fingerprint density at radius 3 is 2.38 bits per heavy atom. The molecule has 1 heterocycles. The molecule has 1 aromatic carbocycles. The molecule has 21 heavy (non-hydrogen) atoms. The topological polar surface area (TPSA) is 58.8 Å². The van der Waals surface area contributed by atoms with E-state index < -0.39 is 5.60 Å². The van der Waals surface area contributed by atoms with Crippen LogP contribution in [0.15, 0.2) is 24.3 Å². The molecule has 0 saturated carbocycles. The number of hydrogen-bond acceptors (Lipinski definition) is 4. The molecule has 0 radical (unpaired) electrons. The van der Waals surface area contributed by atoms with Gasteiger partial charge in [0.25, 0.3) is 0 Å². The summed E-state index contributed by atoms with van der Waals surface area (Å²) in [5.74, 6) is 0. The molecule has 2 rings (SSSR count). The van der Waals surface area contributed by atoms with Crippen LogP contribution in [0, 0.1) is 0 Å². The fraction of sp³-hybridized carbons (Fsp3) is 0.562. The second-order valence-electron chi connectivity index (χ2n) is 6.56. The van der Waals surface area contributed by atoms with Crippen molar-refractivity contribution in [1.29, 1.82) is 0 Å². The van der Waals surface area contributed by atoms with E-state index in [1.165, 1.54) is 0 Å². The number of amides is 1. The van der Waals surface area contributed by atoms with E-state index in [1.807, 2.05) is 52.0 Å². The largest absolute Gasteiger partial charge is 0.444 e. The average Bonchev–Trinajstić information content (AvgIpc) is 2.37. The molecule has 0 aromatic heterocycles. The minimum Gasteiger partial charge on any atom is -0.444 e. The number of ether oxygens (including phenoxy) is 1. The summed E-state index contributed by atoms with van der Waals surface area (Å²) in [7, 11) is 0. The van der Waals surface area contributed by atoms with E-state index in [9.17, 15) is 4.79 Å². The molecule has 0 unspecified atom stereocenters. The van der Waals surface area contributed by atoms with Gasteiger partial charge in [0.15, 0.2) is 0 Å². The van der Waals surface area contributed by atoms with Crippen LogP contribution in [0.1, 0.15) is 27.7 Å². The molecule has 0 bridgehead atoms. The Morgan fingerprint density at radius 1 is 1.24 bits per heavy atom. The van der Waals surface area contributed by atoms with E-state index in [1.54, 1.807) is 4.90 Å². The van der Waals surface area contributed by atoms with E-state index in [0.29, 0.717) is 6.54 Å². The summed E-state index contributed by atoms with van der Waals surface area (Å²) in [5.41, 5.74) is 7.16. The van der Waals surface area contributed by atoms with Gasteiger partial charge in [0.1, 0.15) is 5.60 Å². The Balaban J connectivity index is 1.99. The molecule has 0 aliphatic carbocycles. The van der Waals surface area contributed by atoms with Crippen LogP contribution in [0.25, 0.3) is 0 Å². The number of nitrogen functional groups attached to an aromatic ring is 1. The number of anilines is 2. The van der Waals surface area contributed by atoms with Gasteiger partial charge in [0, 0.05) is 37.1 Å². The van der Waals surface area contributed by atoms with Gasteiger partial charge in [0.05, 0.1) is 0 Å². The van der Waals surface area contributed by atoms with Gasteiger partial charge in [-0.1, -0.05) is 0 Å². The second kappa shape index (κ2) is 5.84. The summed E-state index contributed by atoms with van der Waals surface area (Å²) >= 11 is 0. The predicted molar refractivity (Wildman–Crippen MR) is 85.5 cm³/mol. The smallest absolute Gasteiger partial charge is 0.410 e. The zero-order chi connectivity index (χ0) is 15.6. The molecule has 1 aromatic rings. The molecule has 1 amide bonds. The predicted octanol–water partition coefficient (Wildman–Crippen LogP) is 2.71. The van der Waals surface area contributed by atoms with Crippen molar-refractivity contribution in [2.45, 2.75) is 39.3 Å². The molecular formula is C16H25N3O2. The number of carbonyl (C=O) groups excluding carboxylic acids is 1. The molecule has 1 aliphatic rings.